The van der Waals surface area contributed by atoms with Crippen LogP contribution in [-0.2, 0) is 0 Å². The van der Waals surface area contributed by atoms with E-state index in [1.54, 1.807) is 0 Å². The Morgan fingerprint density at radius 1 is 1.64 bits per heavy atom. The van der Waals surface area contributed by atoms with Gasteiger partial charge in [0.1, 0.15) is 0 Å². The predicted octanol–water partition coefficient (Wildman–Crippen LogP) is 2.66. The molecule has 64 valence electrons. The van der Waals surface area contributed by atoms with Crippen molar-refractivity contribution in [2.45, 2.75) is 45.6 Å². The van der Waals surface area contributed by atoms with E-state index in [1.165, 1.54) is 0 Å². The minimum atomic E-state index is -0.191. The molecule has 0 aliphatic carbocycles. The molecule has 0 spiro atoms. The summed E-state index contributed by atoms with van der Waals surface area (Å²) in [5.41, 5.74) is 3.83. The minimum Gasteiger partial charge on any atom is -0.393 e. The van der Waals surface area contributed by atoms with Crippen LogP contribution in [0.1, 0.15) is 39.5 Å². The highest BCUT2D eigenvalue weighted by Crippen LogP contribution is 2.08. The van der Waals surface area contributed by atoms with Gasteiger partial charge < -0.3 is 5.11 Å². The van der Waals surface area contributed by atoms with Crippen molar-refractivity contribution < 1.29 is 5.11 Å². The van der Waals surface area contributed by atoms with Gasteiger partial charge in [-0.2, -0.15) is 0 Å². The smallest absolute Gasteiger partial charge is 0.0583 e. The second kappa shape index (κ2) is 6.21. The molecular weight excluding hydrogens is 136 g/mol. The van der Waals surface area contributed by atoms with Crippen LogP contribution in [-0.4, -0.2) is 11.2 Å². The van der Waals surface area contributed by atoms with Crippen LogP contribution in [0.4, 0.5) is 0 Å². The molecule has 0 radical (unpaired) electrons. The van der Waals surface area contributed by atoms with E-state index < -0.39 is 0 Å². The van der Waals surface area contributed by atoms with Crippen LogP contribution in [0.15, 0.2) is 17.9 Å². The van der Waals surface area contributed by atoms with E-state index in [0.29, 0.717) is 0 Å². The largest absolute Gasteiger partial charge is 0.393 e. The van der Waals surface area contributed by atoms with Crippen molar-refractivity contribution in [1.29, 1.82) is 0 Å². The highest BCUT2D eigenvalue weighted by atomic mass is 16.3. The molecule has 0 aliphatic heterocycles. The number of aliphatic hydroxyl groups excluding tert-OH is 1. The fraction of sp³-hybridized carbons (Fsp3) is 0.700. The lowest BCUT2D eigenvalue weighted by Gasteiger charge is -2.07. The number of aliphatic hydroxyl groups is 1. The van der Waals surface area contributed by atoms with Gasteiger partial charge in [-0.3, -0.25) is 0 Å². The summed E-state index contributed by atoms with van der Waals surface area (Å²) in [5, 5.41) is 9.39. The molecule has 0 rings (SSSR count). The zero-order valence-electron chi connectivity index (χ0n) is 7.56. The molecule has 1 atom stereocenters. The summed E-state index contributed by atoms with van der Waals surface area (Å²) in [6, 6.07) is 0. The van der Waals surface area contributed by atoms with E-state index in [-0.39, 0.29) is 6.10 Å². The highest BCUT2D eigenvalue weighted by molar-refractivity contribution is 4.95. The van der Waals surface area contributed by atoms with Gasteiger partial charge in [0.25, 0.3) is 0 Å². The number of hydrogen-bond donors (Lipinski definition) is 1. The van der Waals surface area contributed by atoms with Gasteiger partial charge in [-0.25, -0.2) is 0 Å². The Morgan fingerprint density at radius 2 is 2.27 bits per heavy atom. The summed E-state index contributed by atoms with van der Waals surface area (Å²) in [4.78, 5) is 0. The first-order valence-electron chi connectivity index (χ1n) is 4.24. The van der Waals surface area contributed by atoms with Crippen LogP contribution in [0.5, 0.6) is 0 Å². The van der Waals surface area contributed by atoms with E-state index in [1.807, 2.05) is 6.92 Å². The van der Waals surface area contributed by atoms with E-state index in [9.17, 15) is 5.11 Å². The molecule has 0 saturated heterocycles. The highest BCUT2D eigenvalue weighted by Gasteiger charge is 2.02. The van der Waals surface area contributed by atoms with Crippen molar-refractivity contribution in [1.82, 2.24) is 0 Å². The van der Waals surface area contributed by atoms with Gasteiger partial charge >= 0.3 is 0 Å². The number of hydrogen-bond acceptors (Lipinski definition) is 1. The van der Waals surface area contributed by atoms with E-state index in [0.717, 1.165) is 31.3 Å². The second-order valence-electron chi connectivity index (χ2n) is 2.96. The van der Waals surface area contributed by atoms with Gasteiger partial charge in [0, 0.05) is 6.42 Å². The average Bonchev–Trinajstić information content (AvgIpc) is 2.00. The third-order valence-electron chi connectivity index (χ3n) is 1.73. The van der Waals surface area contributed by atoms with E-state index in [2.05, 4.69) is 19.2 Å². The maximum Gasteiger partial charge on any atom is 0.0583 e. The third kappa shape index (κ3) is 5.90. The molecule has 0 amide bonds. The average molecular weight is 154 g/mol. The summed E-state index contributed by atoms with van der Waals surface area (Å²) in [5.74, 6) is 0. The fourth-order valence-corrected chi connectivity index (χ4v) is 0.967. The Kier molecular flexibility index (Phi) is 5.91. The second-order valence-corrected chi connectivity index (χ2v) is 2.96. The first kappa shape index (κ1) is 10.5. The first-order chi connectivity index (χ1) is 5.20. The molecule has 0 aromatic heterocycles. The van der Waals surface area contributed by atoms with Gasteiger partial charge in [0.05, 0.1) is 6.10 Å². The summed E-state index contributed by atoms with van der Waals surface area (Å²) >= 11 is 0. The molecule has 1 unspecified atom stereocenters. The molecule has 1 heteroatoms. The monoisotopic (exact) mass is 154 g/mol. The molecule has 0 saturated carbocycles. The molecule has 0 aromatic rings. The Hall–Kier alpha value is -0.520. The standard InChI is InChI=1S/C10H18O/c1-4-6-7-10(11)8-9(3)5-2/h10-11H,2,4,6-8H2,1,3H3. The van der Waals surface area contributed by atoms with Crippen LogP contribution >= 0.6 is 0 Å². The summed E-state index contributed by atoms with van der Waals surface area (Å²) in [6.45, 7) is 7.60. The van der Waals surface area contributed by atoms with Gasteiger partial charge in [-0.15, -0.1) is 5.73 Å². The minimum absolute atomic E-state index is 0.191. The SMILES string of the molecule is C=C=C(C)CC(O)CCCC. The van der Waals surface area contributed by atoms with Crippen molar-refractivity contribution >= 4 is 0 Å². The summed E-state index contributed by atoms with van der Waals surface area (Å²) in [6.07, 6.45) is 3.68. The Balaban J connectivity index is 3.51. The van der Waals surface area contributed by atoms with Crippen molar-refractivity contribution in [3.63, 3.8) is 0 Å². The third-order valence-corrected chi connectivity index (χ3v) is 1.73. The zero-order valence-corrected chi connectivity index (χ0v) is 7.56. The molecule has 0 heterocycles. The summed E-state index contributed by atoms with van der Waals surface area (Å²) in [7, 11) is 0. The van der Waals surface area contributed by atoms with Crippen molar-refractivity contribution in [2.75, 3.05) is 0 Å². The van der Waals surface area contributed by atoms with Crippen LogP contribution in [0.2, 0.25) is 0 Å². The lowest BCUT2D eigenvalue weighted by Crippen LogP contribution is -2.05. The number of rotatable bonds is 5. The topological polar surface area (TPSA) is 20.2 Å². The van der Waals surface area contributed by atoms with E-state index >= 15 is 0 Å². The molecule has 0 aliphatic rings. The van der Waals surface area contributed by atoms with Gasteiger partial charge in [0.15, 0.2) is 0 Å². The molecule has 1 nitrogen and oxygen atoms in total. The van der Waals surface area contributed by atoms with Crippen LogP contribution in [0.3, 0.4) is 0 Å². The van der Waals surface area contributed by atoms with Crippen molar-refractivity contribution in [3.8, 4) is 0 Å². The zero-order chi connectivity index (χ0) is 8.69. The molecule has 0 aromatic carbocycles. The Morgan fingerprint density at radius 3 is 2.73 bits per heavy atom. The first-order valence-corrected chi connectivity index (χ1v) is 4.24. The molecule has 1 N–H and O–H groups in total. The quantitative estimate of drug-likeness (QED) is 0.603. The molecule has 0 bridgehead atoms. The Labute approximate surface area is 69.4 Å². The molecule has 11 heavy (non-hydrogen) atoms. The van der Waals surface area contributed by atoms with E-state index in [4.69, 9.17) is 0 Å². The predicted molar refractivity (Wildman–Crippen MR) is 48.5 cm³/mol. The fourth-order valence-electron chi connectivity index (χ4n) is 0.967. The van der Waals surface area contributed by atoms with Gasteiger partial charge in [-0.05, 0) is 18.9 Å². The van der Waals surface area contributed by atoms with Crippen molar-refractivity contribution in [2.24, 2.45) is 0 Å². The van der Waals surface area contributed by atoms with Crippen LogP contribution in [0, 0.1) is 0 Å². The lowest BCUT2D eigenvalue weighted by atomic mass is 10.1. The molecule has 0 fully saturated rings. The Bertz CT molecular complexity index is 143. The number of unbranched alkanes of at least 4 members (excludes halogenated alkanes) is 1. The normalized spacial score (nSPS) is 12.3. The summed E-state index contributed by atoms with van der Waals surface area (Å²) < 4.78 is 0. The van der Waals surface area contributed by atoms with Crippen LogP contribution < -0.4 is 0 Å². The van der Waals surface area contributed by atoms with Gasteiger partial charge in [0.2, 0.25) is 0 Å². The maximum atomic E-state index is 9.39. The van der Waals surface area contributed by atoms with Crippen molar-refractivity contribution in [3.05, 3.63) is 17.9 Å². The van der Waals surface area contributed by atoms with Crippen LogP contribution in [0.25, 0.3) is 0 Å². The molecular formula is C10H18O. The maximum absolute atomic E-state index is 9.39. The van der Waals surface area contributed by atoms with Gasteiger partial charge in [-0.1, -0.05) is 26.3 Å². The lowest BCUT2D eigenvalue weighted by molar-refractivity contribution is 0.161.